The van der Waals surface area contributed by atoms with Crippen molar-refractivity contribution in [1.82, 2.24) is 5.32 Å². The summed E-state index contributed by atoms with van der Waals surface area (Å²) in [7, 11) is 0. The van der Waals surface area contributed by atoms with E-state index in [9.17, 15) is 4.79 Å². The molecule has 0 bridgehead atoms. The van der Waals surface area contributed by atoms with Gasteiger partial charge in [0.25, 0.3) is 5.91 Å². The average molecular weight is 272 g/mol. The summed E-state index contributed by atoms with van der Waals surface area (Å²) in [4.78, 5) is 16.1. The zero-order valence-corrected chi connectivity index (χ0v) is 10.9. The van der Waals surface area contributed by atoms with Crippen LogP contribution in [-0.4, -0.2) is 5.91 Å². The fourth-order valence-corrected chi connectivity index (χ4v) is 2.39. The number of thiophene rings is 1. The molecular weight excluding hydrogens is 260 g/mol. The van der Waals surface area contributed by atoms with Crippen LogP contribution in [0, 0.1) is 0 Å². The van der Waals surface area contributed by atoms with E-state index in [1.807, 2.05) is 30.3 Å². The highest BCUT2D eigenvalue weighted by atomic mass is 32.1. The number of azide groups is 1. The molecule has 0 spiro atoms. The van der Waals surface area contributed by atoms with Crippen molar-refractivity contribution in [3.63, 3.8) is 0 Å². The standard InChI is InChI=1S/C13H12N4OS/c14-17-16-9-11-6-7-12(19-11)13(18)15-8-10-4-2-1-3-5-10/h1-7H,8-9H2,(H,15,18). The molecule has 0 fully saturated rings. The van der Waals surface area contributed by atoms with Gasteiger partial charge in [-0.1, -0.05) is 35.4 Å². The van der Waals surface area contributed by atoms with Gasteiger partial charge in [-0.25, -0.2) is 0 Å². The van der Waals surface area contributed by atoms with Crippen molar-refractivity contribution in [2.75, 3.05) is 0 Å². The van der Waals surface area contributed by atoms with Crippen molar-refractivity contribution in [1.29, 1.82) is 0 Å². The fraction of sp³-hybridized carbons (Fsp3) is 0.154. The quantitative estimate of drug-likeness (QED) is 0.504. The first-order chi connectivity index (χ1) is 9.29. The fourth-order valence-electron chi connectivity index (χ4n) is 1.55. The smallest absolute Gasteiger partial charge is 0.261 e. The third kappa shape index (κ3) is 3.84. The minimum atomic E-state index is -0.110. The van der Waals surface area contributed by atoms with E-state index in [1.165, 1.54) is 11.3 Å². The molecule has 0 radical (unpaired) electrons. The summed E-state index contributed by atoms with van der Waals surface area (Å²) in [6.07, 6.45) is 0. The Morgan fingerprint density at radius 3 is 2.79 bits per heavy atom. The molecule has 96 valence electrons. The van der Waals surface area contributed by atoms with E-state index in [0.29, 0.717) is 11.4 Å². The summed E-state index contributed by atoms with van der Waals surface area (Å²) in [5.41, 5.74) is 9.29. The Kier molecular flexibility index (Phi) is 4.55. The van der Waals surface area contributed by atoms with E-state index in [2.05, 4.69) is 15.3 Å². The lowest BCUT2D eigenvalue weighted by Crippen LogP contribution is -2.21. The topological polar surface area (TPSA) is 77.9 Å². The van der Waals surface area contributed by atoms with Crippen molar-refractivity contribution in [2.24, 2.45) is 5.11 Å². The van der Waals surface area contributed by atoms with Gasteiger partial charge >= 0.3 is 0 Å². The van der Waals surface area contributed by atoms with Crippen molar-refractivity contribution >= 4 is 17.2 Å². The van der Waals surface area contributed by atoms with Crippen LogP contribution in [0.5, 0.6) is 0 Å². The van der Waals surface area contributed by atoms with Crippen LogP contribution in [0.25, 0.3) is 10.4 Å². The molecule has 5 nitrogen and oxygen atoms in total. The van der Waals surface area contributed by atoms with E-state index in [4.69, 9.17) is 5.53 Å². The van der Waals surface area contributed by atoms with E-state index < -0.39 is 0 Å². The number of nitrogens with zero attached hydrogens (tertiary/aromatic N) is 3. The molecule has 1 aromatic heterocycles. The molecule has 0 unspecified atom stereocenters. The van der Waals surface area contributed by atoms with Crippen LogP contribution >= 0.6 is 11.3 Å². The molecular formula is C13H12N4OS. The molecule has 0 aliphatic heterocycles. The Hall–Kier alpha value is -2.30. The molecule has 1 aromatic carbocycles. The number of amides is 1. The predicted molar refractivity (Wildman–Crippen MR) is 74.8 cm³/mol. The van der Waals surface area contributed by atoms with Gasteiger partial charge in [0.05, 0.1) is 11.4 Å². The lowest BCUT2D eigenvalue weighted by atomic mass is 10.2. The van der Waals surface area contributed by atoms with Crippen molar-refractivity contribution in [3.05, 3.63) is 68.2 Å². The summed E-state index contributed by atoms with van der Waals surface area (Å²) in [6.45, 7) is 0.788. The van der Waals surface area contributed by atoms with Gasteiger partial charge < -0.3 is 5.32 Å². The van der Waals surface area contributed by atoms with Crippen LogP contribution in [0.15, 0.2) is 47.6 Å². The Morgan fingerprint density at radius 1 is 1.26 bits per heavy atom. The molecule has 1 heterocycles. The lowest BCUT2D eigenvalue weighted by molar-refractivity contribution is 0.0955. The first-order valence-corrected chi connectivity index (χ1v) is 6.53. The van der Waals surface area contributed by atoms with E-state index >= 15 is 0 Å². The largest absolute Gasteiger partial charge is 0.347 e. The Morgan fingerprint density at radius 2 is 2.05 bits per heavy atom. The number of carbonyl (C=O) groups excluding carboxylic acids is 1. The van der Waals surface area contributed by atoms with E-state index in [-0.39, 0.29) is 12.5 Å². The van der Waals surface area contributed by atoms with Gasteiger partial charge in [0, 0.05) is 16.3 Å². The zero-order chi connectivity index (χ0) is 13.5. The summed E-state index contributed by atoms with van der Waals surface area (Å²) >= 11 is 1.34. The van der Waals surface area contributed by atoms with E-state index in [0.717, 1.165) is 10.4 Å². The van der Waals surface area contributed by atoms with Crippen LogP contribution in [0.2, 0.25) is 0 Å². The number of benzene rings is 1. The highest BCUT2D eigenvalue weighted by molar-refractivity contribution is 7.14. The molecule has 1 amide bonds. The minimum Gasteiger partial charge on any atom is -0.347 e. The monoisotopic (exact) mass is 272 g/mol. The van der Waals surface area contributed by atoms with Crippen molar-refractivity contribution < 1.29 is 4.79 Å². The molecule has 0 saturated carbocycles. The van der Waals surface area contributed by atoms with Crippen LogP contribution in [0.4, 0.5) is 0 Å². The molecule has 0 aliphatic rings. The number of hydrogen-bond acceptors (Lipinski definition) is 3. The molecule has 19 heavy (non-hydrogen) atoms. The van der Waals surface area contributed by atoms with Crippen LogP contribution < -0.4 is 5.32 Å². The van der Waals surface area contributed by atoms with Crippen molar-refractivity contribution in [3.8, 4) is 0 Å². The second-order valence-corrected chi connectivity index (χ2v) is 4.99. The summed E-state index contributed by atoms with van der Waals surface area (Å²) in [5.74, 6) is -0.110. The number of nitrogens with one attached hydrogen (secondary N) is 1. The Bertz CT molecular complexity index is 602. The molecule has 0 aliphatic carbocycles. The minimum absolute atomic E-state index is 0.110. The second kappa shape index (κ2) is 6.58. The highest BCUT2D eigenvalue weighted by Crippen LogP contribution is 2.17. The van der Waals surface area contributed by atoms with Crippen LogP contribution in [-0.2, 0) is 13.1 Å². The third-order valence-electron chi connectivity index (χ3n) is 2.47. The Balaban J connectivity index is 1.92. The van der Waals surface area contributed by atoms with Gasteiger partial charge in [-0.15, -0.1) is 11.3 Å². The van der Waals surface area contributed by atoms with Gasteiger partial charge in [0.1, 0.15) is 0 Å². The number of rotatable bonds is 5. The molecule has 1 N–H and O–H groups in total. The normalized spacial score (nSPS) is 9.68. The third-order valence-corrected chi connectivity index (χ3v) is 3.54. The maximum absolute atomic E-state index is 11.9. The second-order valence-electron chi connectivity index (χ2n) is 3.82. The molecule has 2 rings (SSSR count). The lowest BCUT2D eigenvalue weighted by Gasteiger charge is -2.03. The predicted octanol–water partition coefficient (Wildman–Crippen LogP) is 3.49. The summed E-state index contributed by atoms with van der Waals surface area (Å²) in [6, 6.07) is 13.3. The number of carbonyl (C=O) groups is 1. The SMILES string of the molecule is [N-]=[N+]=NCc1ccc(C(=O)NCc2ccccc2)s1. The molecule has 0 saturated heterocycles. The van der Waals surface area contributed by atoms with Crippen LogP contribution in [0.3, 0.4) is 0 Å². The van der Waals surface area contributed by atoms with Gasteiger partial charge in [0.2, 0.25) is 0 Å². The highest BCUT2D eigenvalue weighted by Gasteiger charge is 2.08. The zero-order valence-electron chi connectivity index (χ0n) is 10.1. The van der Waals surface area contributed by atoms with Gasteiger partial charge in [-0.05, 0) is 23.2 Å². The maximum atomic E-state index is 11.9. The summed E-state index contributed by atoms with van der Waals surface area (Å²) < 4.78 is 0. The first kappa shape index (κ1) is 13.1. The first-order valence-electron chi connectivity index (χ1n) is 5.71. The summed E-state index contributed by atoms with van der Waals surface area (Å²) in [5, 5.41) is 6.32. The molecule has 6 heteroatoms. The number of hydrogen-bond donors (Lipinski definition) is 1. The Labute approximate surface area is 114 Å². The van der Waals surface area contributed by atoms with Crippen molar-refractivity contribution in [2.45, 2.75) is 13.1 Å². The average Bonchev–Trinajstić information content (AvgIpc) is 2.92. The molecule has 2 aromatic rings. The van der Waals surface area contributed by atoms with E-state index in [1.54, 1.807) is 12.1 Å². The van der Waals surface area contributed by atoms with Gasteiger partial charge in [-0.2, -0.15) is 0 Å². The van der Waals surface area contributed by atoms with Gasteiger partial charge in [-0.3, -0.25) is 4.79 Å². The van der Waals surface area contributed by atoms with Crippen LogP contribution in [0.1, 0.15) is 20.1 Å². The molecule has 0 atom stereocenters. The maximum Gasteiger partial charge on any atom is 0.261 e. The van der Waals surface area contributed by atoms with Gasteiger partial charge in [0.15, 0.2) is 0 Å².